The Hall–Kier alpha value is -1.30. The highest BCUT2D eigenvalue weighted by Gasteiger charge is 2.34. The van der Waals surface area contributed by atoms with E-state index >= 15 is 0 Å². The number of carbonyl (C=O) groups is 2. The van der Waals surface area contributed by atoms with Crippen LogP contribution in [0.3, 0.4) is 0 Å². The van der Waals surface area contributed by atoms with Crippen LogP contribution in [-0.2, 0) is 9.53 Å². The zero-order valence-corrected chi connectivity index (χ0v) is 11.6. The highest BCUT2D eigenvalue weighted by molar-refractivity contribution is 5.80. The number of aliphatic hydroxyl groups is 1. The summed E-state index contributed by atoms with van der Waals surface area (Å²) < 4.78 is 5.17. The lowest BCUT2D eigenvalue weighted by molar-refractivity contribution is -0.143. The van der Waals surface area contributed by atoms with Crippen LogP contribution in [0.25, 0.3) is 0 Å². The molecule has 0 rings (SSSR count). The van der Waals surface area contributed by atoms with Gasteiger partial charge in [-0.15, -0.1) is 0 Å². The van der Waals surface area contributed by atoms with Gasteiger partial charge in [0, 0.05) is 0 Å². The van der Waals surface area contributed by atoms with E-state index in [2.05, 4.69) is 0 Å². The van der Waals surface area contributed by atoms with Gasteiger partial charge in [0.15, 0.2) is 0 Å². The van der Waals surface area contributed by atoms with Crippen LogP contribution in [0.5, 0.6) is 0 Å². The molecule has 2 unspecified atom stereocenters. The molecule has 0 fully saturated rings. The summed E-state index contributed by atoms with van der Waals surface area (Å²) in [5.74, 6) is -1.13. The Balaban J connectivity index is 5.08. The minimum atomic E-state index is -1.13. The van der Waals surface area contributed by atoms with Crippen molar-refractivity contribution in [3.63, 3.8) is 0 Å². The van der Waals surface area contributed by atoms with E-state index in [0.717, 1.165) is 4.90 Å². The van der Waals surface area contributed by atoms with Crippen molar-refractivity contribution in [3.05, 3.63) is 0 Å². The van der Waals surface area contributed by atoms with Crippen LogP contribution in [0.15, 0.2) is 0 Å². The van der Waals surface area contributed by atoms with Gasteiger partial charge in [0.05, 0.1) is 12.6 Å². The molecule has 0 aromatic rings. The molecule has 6 heteroatoms. The molecule has 0 aliphatic heterocycles. The first-order valence-corrected chi connectivity index (χ1v) is 5.99. The molecular weight excluding hydrogens is 238 g/mol. The summed E-state index contributed by atoms with van der Waals surface area (Å²) in [6, 6.07) is -1.61. The molecule has 6 nitrogen and oxygen atoms in total. The van der Waals surface area contributed by atoms with Gasteiger partial charge in [-0.1, -0.05) is 6.92 Å². The Labute approximate surface area is 108 Å². The predicted molar refractivity (Wildman–Crippen MR) is 66.3 cm³/mol. The summed E-state index contributed by atoms with van der Waals surface area (Å²) in [7, 11) is 0. The minimum absolute atomic E-state index is 0.298. The lowest BCUT2D eigenvalue weighted by atomic mass is 10.1. The van der Waals surface area contributed by atoms with Crippen LogP contribution in [0.1, 0.15) is 41.0 Å². The predicted octanol–water partition coefficient (Wildman–Crippen LogP) is 1.47. The quantitative estimate of drug-likeness (QED) is 0.782. The van der Waals surface area contributed by atoms with Gasteiger partial charge in [-0.25, -0.2) is 9.59 Å². The van der Waals surface area contributed by atoms with Crippen LogP contribution in [0.2, 0.25) is 0 Å². The second kappa shape index (κ2) is 6.58. The van der Waals surface area contributed by atoms with Gasteiger partial charge in [0.2, 0.25) is 0 Å². The third kappa shape index (κ3) is 4.91. The number of carboxylic acids is 1. The fourth-order valence-corrected chi connectivity index (χ4v) is 1.47. The lowest BCUT2D eigenvalue weighted by Gasteiger charge is -2.34. The topological polar surface area (TPSA) is 87.1 Å². The van der Waals surface area contributed by atoms with Gasteiger partial charge in [-0.05, 0) is 34.1 Å². The second-order valence-corrected chi connectivity index (χ2v) is 5.15. The first-order chi connectivity index (χ1) is 8.14. The molecule has 0 aromatic heterocycles. The van der Waals surface area contributed by atoms with E-state index in [9.17, 15) is 14.7 Å². The van der Waals surface area contributed by atoms with Gasteiger partial charge in [-0.2, -0.15) is 0 Å². The Kier molecular flexibility index (Phi) is 6.11. The number of hydrogen-bond acceptors (Lipinski definition) is 4. The summed E-state index contributed by atoms with van der Waals surface area (Å²) in [4.78, 5) is 24.1. The zero-order chi connectivity index (χ0) is 14.5. The summed E-state index contributed by atoms with van der Waals surface area (Å²) in [5, 5.41) is 18.2. The first-order valence-electron chi connectivity index (χ1n) is 5.99. The van der Waals surface area contributed by atoms with E-state index in [4.69, 9.17) is 9.84 Å². The SMILES string of the molecule is CCC(CO)N(C(=O)OC(C)(C)C)C(C)C(=O)O. The number of carboxylic acid groups (broad SMARTS) is 1. The monoisotopic (exact) mass is 261 g/mol. The molecule has 0 saturated heterocycles. The lowest BCUT2D eigenvalue weighted by Crippen LogP contribution is -2.52. The average molecular weight is 261 g/mol. The molecule has 0 saturated carbocycles. The maximum Gasteiger partial charge on any atom is 0.411 e. The highest BCUT2D eigenvalue weighted by atomic mass is 16.6. The molecule has 106 valence electrons. The minimum Gasteiger partial charge on any atom is -0.480 e. The zero-order valence-electron chi connectivity index (χ0n) is 11.6. The Morgan fingerprint density at radius 3 is 2.11 bits per heavy atom. The number of aliphatic carboxylic acids is 1. The highest BCUT2D eigenvalue weighted by Crippen LogP contribution is 2.16. The molecule has 0 radical (unpaired) electrons. The van der Waals surface area contributed by atoms with Crippen molar-refractivity contribution in [1.29, 1.82) is 0 Å². The number of carbonyl (C=O) groups excluding carboxylic acids is 1. The fraction of sp³-hybridized carbons (Fsp3) is 0.833. The van der Waals surface area contributed by atoms with Crippen molar-refractivity contribution >= 4 is 12.1 Å². The van der Waals surface area contributed by atoms with E-state index in [1.165, 1.54) is 6.92 Å². The summed E-state index contributed by atoms with van der Waals surface area (Å²) >= 11 is 0. The standard InChI is InChI=1S/C12H23NO5/c1-6-9(7-14)13(8(2)10(15)16)11(17)18-12(3,4)5/h8-9,14H,6-7H2,1-5H3,(H,15,16). The number of aliphatic hydroxyl groups excluding tert-OH is 1. The largest absolute Gasteiger partial charge is 0.480 e. The normalized spacial score (nSPS) is 14.8. The number of amides is 1. The van der Waals surface area contributed by atoms with Crippen LogP contribution >= 0.6 is 0 Å². The smallest absolute Gasteiger partial charge is 0.411 e. The average Bonchev–Trinajstić information content (AvgIpc) is 2.21. The van der Waals surface area contributed by atoms with Gasteiger partial charge in [0.25, 0.3) is 0 Å². The van der Waals surface area contributed by atoms with Crippen LogP contribution in [0, 0.1) is 0 Å². The molecule has 0 heterocycles. The van der Waals surface area contributed by atoms with Crippen molar-refractivity contribution in [3.8, 4) is 0 Å². The third-order valence-electron chi connectivity index (χ3n) is 2.45. The molecule has 0 aliphatic carbocycles. The van der Waals surface area contributed by atoms with Crippen molar-refractivity contribution in [2.45, 2.75) is 58.7 Å². The van der Waals surface area contributed by atoms with E-state index in [1.54, 1.807) is 27.7 Å². The van der Waals surface area contributed by atoms with Gasteiger partial charge < -0.3 is 14.9 Å². The molecule has 0 bridgehead atoms. The van der Waals surface area contributed by atoms with Crippen molar-refractivity contribution < 1.29 is 24.5 Å². The Morgan fingerprint density at radius 2 is 1.83 bits per heavy atom. The first kappa shape index (κ1) is 16.7. The summed E-state index contributed by atoms with van der Waals surface area (Å²) in [6.45, 7) is 7.97. The van der Waals surface area contributed by atoms with Crippen LogP contribution < -0.4 is 0 Å². The van der Waals surface area contributed by atoms with E-state index < -0.39 is 29.7 Å². The second-order valence-electron chi connectivity index (χ2n) is 5.15. The van der Waals surface area contributed by atoms with E-state index in [0.29, 0.717) is 6.42 Å². The maximum absolute atomic E-state index is 12.0. The maximum atomic E-state index is 12.0. The van der Waals surface area contributed by atoms with Gasteiger partial charge in [0.1, 0.15) is 11.6 Å². The summed E-state index contributed by atoms with van der Waals surface area (Å²) in [5.41, 5.74) is -0.707. The van der Waals surface area contributed by atoms with Gasteiger partial charge >= 0.3 is 12.1 Å². The molecule has 2 atom stereocenters. The number of rotatable bonds is 5. The van der Waals surface area contributed by atoms with E-state index in [1.807, 2.05) is 0 Å². The molecule has 18 heavy (non-hydrogen) atoms. The van der Waals surface area contributed by atoms with E-state index in [-0.39, 0.29) is 6.61 Å². The number of nitrogens with zero attached hydrogens (tertiary/aromatic N) is 1. The van der Waals surface area contributed by atoms with Gasteiger partial charge in [-0.3, -0.25) is 4.90 Å². The molecule has 0 aromatic carbocycles. The Bertz CT molecular complexity index is 293. The molecular formula is C12H23NO5. The van der Waals surface area contributed by atoms with Crippen molar-refractivity contribution in [2.24, 2.45) is 0 Å². The number of hydrogen-bond donors (Lipinski definition) is 2. The fourth-order valence-electron chi connectivity index (χ4n) is 1.47. The summed E-state index contributed by atoms with van der Waals surface area (Å²) in [6.07, 6.45) is -0.272. The molecule has 0 spiro atoms. The molecule has 2 N–H and O–H groups in total. The van der Waals surface area contributed by atoms with Crippen molar-refractivity contribution in [1.82, 2.24) is 4.90 Å². The molecule has 0 aliphatic rings. The molecule has 1 amide bonds. The third-order valence-corrected chi connectivity index (χ3v) is 2.45. The van der Waals surface area contributed by atoms with Crippen molar-refractivity contribution in [2.75, 3.05) is 6.61 Å². The number of ether oxygens (including phenoxy) is 1. The Morgan fingerprint density at radius 1 is 1.33 bits per heavy atom. The van der Waals surface area contributed by atoms with Crippen LogP contribution in [0.4, 0.5) is 4.79 Å². The van der Waals surface area contributed by atoms with Crippen LogP contribution in [-0.4, -0.2) is 51.5 Å².